The van der Waals surface area contributed by atoms with Crippen LogP contribution in [0, 0.1) is 11.8 Å². The molecule has 1 aromatic heterocycles. The average Bonchev–Trinajstić information content (AvgIpc) is 3.89. The molecular formula is C38H43F2N4O5PS. The van der Waals surface area contributed by atoms with Crippen molar-refractivity contribution in [1.29, 1.82) is 0 Å². The number of hydrogen-bond acceptors (Lipinski definition) is 7. The molecule has 4 heterocycles. The number of carbonyl (C=O) groups is 3. The molecule has 4 atom stereocenters. The summed E-state index contributed by atoms with van der Waals surface area (Å²) in [4.78, 5) is 48.5. The number of alkyl halides is 2. The Kier molecular flexibility index (Phi) is 12.1. The Hall–Kier alpha value is -3.75. The summed E-state index contributed by atoms with van der Waals surface area (Å²) in [5.41, 5.74) is 0.724. The van der Waals surface area contributed by atoms with Gasteiger partial charge in [-0.05, 0) is 87.2 Å². The van der Waals surface area contributed by atoms with E-state index in [9.17, 15) is 27.7 Å². The van der Waals surface area contributed by atoms with Gasteiger partial charge < -0.3 is 20.0 Å². The third kappa shape index (κ3) is 8.66. The zero-order chi connectivity index (χ0) is 36.0. The first kappa shape index (κ1) is 37.0. The van der Waals surface area contributed by atoms with Crippen molar-refractivity contribution in [1.82, 2.24) is 20.0 Å². The van der Waals surface area contributed by atoms with Crippen LogP contribution in [0.1, 0.15) is 85.0 Å². The fourth-order valence-corrected chi connectivity index (χ4v) is 8.82. The largest absolute Gasteiger partial charge is 0.393 e. The topological polar surface area (TPSA) is 99.3 Å². The molecule has 13 heteroatoms. The maximum atomic E-state index is 14.5. The van der Waals surface area contributed by atoms with Crippen LogP contribution in [0.2, 0.25) is 0 Å². The SMILES string of the molecule is CC#CCCCCCN1CC[C@H]2CC[C@@H](C(=O)N3CC[C@@H](c4ccccc4)C3)N2C(=O)[C@@H](NC(=O)c2cc3cc(C(F)(F)OP=O)ccc3s2)C1. The van der Waals surface area contributed by atoms with Gasteiger partial charge in [0.05, 0.1) is 10.4 Å². The summed E-state index contributed by atoms with van der Waals surface area (Å²) in [5.74, 6) is 5.51. The van der Waals surface area contributed by atoms with E-state index in [1.54, 1.807) is 4.90 Å². The number of nitrogens with zero attached hydrogens (tertiary/aromatic N) is 3. The molecule has 0 aliphatic carbocycles. The Bertz CT molecular complexity index is 1800. The minimum atomic E-state index is -3.77. The number of unbranched alkanes of at least 4 members (excludes halogenated alkanes) is 3. The molecular weight excluding hydrogens is 693 g/mol. The van der Waals surface area contributed by atoms with E-state index in [2.05, 4.69) is 38.7 Å². The van der Waals surface area contributed by atoms with Crippen LogP contribution in [-0.2, 0) is 24.8 Å². The van der Waals surface area contributed by atoms with Crippen molar-refractivity contribution < 1.29 is 32.3 Å². The maximum absolute atomic E-state index is 14.5. The predicted octanol–water partition coefficient (Wildman–Crippen LogP) is 6.94. The van der Waals surface area contributed by atoms with Gasteiger partial charge in [0.1, 0.15) is 12.1 Å². The lowest BCUT2D eigenvalue weighted by molar-refractivity contribution is -0.178. The molecule has 0 radical (unpaired) electrons. The van der Waals surface area contributed by atoms with Crippen LogP contribution in [0.4, 0.5) is 8.78 Å². The third-order valence-electron chi connectivity index (χ3n) is 10.3. The summed E-state index contributed by atoms with van der Waals surface area (Å²) < 4.78 is 43.9. The first-order valence-electron chi connectivity index (χ1n) is 17.7. The van der Waals surface area contributed by atoms with Crippen LogP contribution in [0.3, 0.4) is 0 Å². The summed E-state index contributed by atoms with van der Waals surface area (Å²) in [6.07, 6.45) is 2.96. The van der Waals surface area contributed by atoms with Crippen molar-refractivity contribution in [3.8, 4) is 11.8 Å². The number of hydrogen-bond donors (Lipinski definition) is 1. The van der Waals surface area contributed by atoms with E-state index in [1.165, 1.54) is 29.8 Å². The summed E-state index contributed by atoms with van der Waals surface area (Å²) >= 11 is 1.13. The Balaban J connectivity index is 1.20. The van der Waals surface area contributed by atoms with E-state index >= 15 is 0 Å². The van der Waals surface area contributed by atoms with Crippen LogP contribution in [0.15, 0.2) is 54.6 Å². The Morgan fingerprint density at radius 2 is 1.84 bits per heavy atom. The molecule has 3 aromatic rings. The van der Waals surface area contributed by atoms with Crippen LogP contribution in [-0.4, -0.2) is 83.3 Å². The number of likely N-dealkylation sites (tertiary alicyclic amines) is 1. The van der Waals surface area contributed by atoms with Crippen molar-refractivity contribution in [2.24, 2.45) is 0 Å². The van der Waals surface area contributed by atoms with Crippen molar-refractivity contribution >= 4 is 47.8 Å². The summed E-state index contributed by atoms with van der Waals surface area (Å²) in [6, 6.07) is 14.0. The van der Waals surface area contributed by atoms with Crippen molar-refractivity contribution in [3.05, 3.63) is 70.6 Å². The summed E-state index contributed by atoms with van der Waals surface area (Å²) in [5, 5.41) is 3.38. The fourth-order valence-electron chi connectivity index (χ4n) is 7.68. The van der Waals surface area contributed by atoms with Crippen LogP contribution in [0.25, 0.3) is 10.1 Å². The maximum Gasteiger partial charge on any atom is 0.393 e. The summed E-state index contributed by atoms with van der Waals surface area (Å²) in [6.45, 7) is 4.90. The Morgan fingerprint density at radius 3 is 2.63 bits per heavy atom. The molecule has 3 fully saturated rings. The number of carbonyl (C=O) groups excluding carboxylic acids is 3. The van der Waals surface area contributed by atoms with Gasteiger partial charge in [0, 0.05) is 49.3 Å². The lowest BCUT2D eigenvalue weighted by Gasteiger charge is -2.39. The molecule has 0 spiro atoms. The van der Waals surface area contributed by atoms with Gasteiger partial charge in [-0.3, -0.25) is 14.4 Å². The van der Waals surface area contributed by atoms with Gasteiger partial charge in [-0.2, -0.15) is 8.78 Å². The van der Waals surface area contributed by atoms with E-state index in [4.69, 9.17) is 0 Å². The highest BCUT2D eigenvalue weighted by Crippen LogP contribution is 2.37. The zero-order valence-corrected chi connectivity index (χ0v) is 30.4. The van der Waals surface area contributed by atoms with Gasteiger partial charge >= 0.3 is 14.8 Å². The molecule has 3 saturated heterocycles. The lowest BCUT2D eigenvalue weighted by atomic mass is 9.99. The number of rotatable bonds is 12. The smallest absolute Gasteiger partial charge is 0.340 e. The van der Waals surface area contributed by atoms with Gasteiger partial charge in [-0.1, -0.05) is 36.8 Å². The van der Waals surface area contributed by atoms with Gasteiger partial charge in [-0.25, -0.2) is 9.09 Å². The van der Waals surface area contributed by atoms with Crippen LogP contribution >= 0.6 is 20.0 Å². The van der Waals surface area contributed by atoms with E-state index in [-0.39, 0.29) is 28.7 Å². The second-order valence-electron chi connectivity index (χ2n) is 13.6. The standard InChI is InChI=1S/C38H43F2N4O5PS/c1-2-3-4-5-6-10-19-42-20-18-30-14-15-32(37(47)43-21-17-27(24-43)26-11-8-7-9-12-26)44(30)36(46)31(25-42)41-35(45)34-23-28-22-29(13-16-33(28)51-34)38(39,40)49-50-48/h7-9,11-13,16,22-23,27,30-32H,4-6,10,14-15,17-21,24-25H2,1H3,(H,41,45)/t27-,30-,31+,32+/m1/s1. The monoisotopic (exact) mass is 736 g/mol. The molecule has 0 saturated carbocycles. The number of fused-ring (bicyclic) bond motifs is 2. The first-order chi connectivity index (χ1) is 24.7. The minimum absolute atomic E-state index is 0.0282. The summed E-state index contributed by atoms with van der Waals surface area (Å²) in [7, 11) is -1.15. The van der Waals surface area contributed by atoms with E-state index in [1.807, 2.05) is 30.0 Å². The van der Waals surface area contributed by atoms with Gasteiger partial charge in [0.25, 0.3) is 5.91 Å². The lowest BCUT2D eigenvalue weighted by Crippen LogP contribution is -2.60. The van der Waals surface area contributed by atoms with Crippen LogP contribution < -0.4 is 5.32 Å². The predicted molar refractivity (Wildman–Crippen MR) is 193 cm³/mol. The number of halogens is 2. The molecule has 2 aromatic carbocycles. The average molecular weight is 737 g/mol. The van der Waals surface area contributed by atoms with Crippen molar-refractivity contribution in [2.45, 2.75) is 88.4 Å². The molecule has 0 unspecified atom stereocenters. The molecule has 3 amide bonds. The molecule has 51 heavy (non-hydrogen) atoms. The molecule has 3 aliphatic heterocycles. The Morgan fingerprint density at radius 1 is 1.02 bits per heavy atom. The number of benzene rings is 2. The molecule has 1 N–H and O–H groups in total. The third-order valence-corrected chi connectivity index (χ3v) is 11.7. The van der Waals surface area contributed by atoms with Gasteiger partial charge in [0.2, 0.25) is 11.8 Å². The van der Waals surface area contributed by atoms with Gasteiger partial charge in [0.15, 0.2) is 0 Å². The van der Waals surface area contributed by atoms with Crippen LogP contribution in [0.5, 0.6) is 0 Å². The van der Waals surface area contributed by atoms with E-state index in [0.717, 1.165) is 69.4 Å². The second kappa shape index (κ2) is 16.7. The highest BCUT2D eigenvalue weighted by atomic mass is 32.1. The van der Waals surface area contributed by atoms with E-state index in [0.29, 0.717) is 36.1 Å². The number of nitrogens with one attached hydrogen (secondary N) is 1. The highest BCUT2D eigenvalue weighted by molar-refractivity contribution is 7.20. The fraction of sp³-hybridized carbons (Fsp3) is 0.500. The zero-order valence-electron chi connectivity index (χ0n) is 28.7. The first-order valence-corrected chi connectivity index (χ1v) is 19.2. The normalized spacial score (nSPS) is 22.8. The minimum Gasteiger partial charge on any atom is -0.340 e. The quantitative estimate of drug-likeness (QED) is 0.123. The molecule has 270 valence electrons. The molecule has 9 nitrogen and oxygen atoms in total. The van der Waals surface area contributed by atoms with Crippen molar-refractivity contribution in [2.75, 3.05) is 32.7 Å². The Labute approximate surface area is 303 Å². The second-order valence-corrected chi connectivity index (χ2v) is 15.0. The molecule has 6 rings (SSSR count). The van der Waals surface area contributed by atoms with Crippen molar-refractivity contribution in [3.63, 3.8) is 0 Å². The van der Waals surface area contributed by atoms with Gasteiger partial charge in [-0.15, -0.1) is 23.2 Å². The highest BCUT2D eigenvalue weighted by Gasteiger charge is 2.47. The van der Waals surface area contributed by atoms with E-state index < -0.39 is 38.3 Å². The number of thiophene rings is 1. The number of amides is 3. The molecule has 0 bridgehead atoms. The molecule has 3 aliphatic rings.